The summed E-state index contributed by atoms with van der Waals surface area (Å²) in [4.78, 5) is 30.0. The maximum atomic E-state index is 12.9. The maximum Gasteiger partial charge on any atom is 0.324 e. The molecule has 2 heterocycles. The number of rotatable bonds is 6. The van der Waals surface area contributed by atoms with Crippen LogP contribution in [-0.2, 0) is 4.79 Å². The van der Waals surface area contributed by atoms with E-state index in [1.54, 1.807) is 26.2 Å². The van der Waals surface area contributed by atoms with Gasteiger partial charge in [0, 0.05) is 24.7 Å². The highest BCUT2D eigenvalue weighted by Gasteiger charge is 2.29. The van der Waals surface area contributed by atoms with Crippen molar-refractivity contribution in [2.45, 2.75) is 19.8 Å². The third-order valence-corrected chi connectivity index (χ3v) is 5.59. The van der Waals surface area contributed by atoms with Crippen LogP contribution in [0.1, 0.15) is 18.4 Å². The van der Waals surface area contributed by atoms with Crippen molar-refractivity contribution in [1.82, 2.24) is 10.1 Å². The van der Waals surface area contributed by atoms with E-state index in [2.05, 4.69) is 15.5 Å². The molecular formula is C22H23N5O5. The number of amides is 1. The number of hydrogen-bond donors (Lipinski definition) is 1. The summed E-state index contributed by atoms with van der Waals surface area (Å²) in [7, 11) is 1.60. The van der Waals surface area contributed by atoms with Crippen molar-refractivity contribution in [3.63, 3.8) is 0 Å². The van der Waals surface area contributed by atoms with Gasteiger partial charge in [0.25, 0.3) is 5.69 Å². The van der Waals surface area contributed by atoms with Crippen LogP contribution in [0.3, 0.4) is 0 Å². The molecule has 32 heavy (non-hydrogen) atoms. The van der Waals surface area contributed by atoms with Gasteiger partial charge in [0.15, 0.2) is 0 Å². The van der Waals surface area contributed by atoms with Crippen LogP contribution in [0.4, 0.5) is 17.4 Å². The number of benzene rings is 2. The number of nitrogens with one attached hydrogen (secondary N) is 1. The summed E-state index contributed by atoms with van der Waals surface area (Å²) in [6, 6.07) is 12.4. The second-order valence-electron chi connectivity index (χ2n) is 7.61. The molecular weight excluding hydrogens is 414 g/mol. The van der Waals surface area contributed by atoms with E-state index < -0.39 is 4.92 Å². The summed E-state index contributed by atoms with van der Waals surface area (Å²) >= 11 is 0. The second-order valence-corrected chi connectivity index (χ2v) is 7.61. The predicted octanol–water partition coefficient (Wildman–Crippen LogP) is 3.82. The van der Waals surface area contributed by atoms with Crippen molar-refractivity contribution in [3.8, 4) is 17.1 Å². The van der Waals surface area contributed by atoms with Crippen molar-refractivity contribution >= 4 is 23.3 Å². The average molecular weight is 437 g/mol. The minimum Gasteiger partial charge on any atom is -0.497 e. The molecule has 3 aromatic rings. The number of carbonyl (C=O) groups excluding carboxylic acids is 1. The molecule has 0 radical (unpaired) electrons. The van der Waals surface area contributed by atoms with E-state index in [0.29, 0.717) is 42.6 Å². The SMILES string of the molecule is COc1ccc(-c2noc(N3CCCC(C(=O)Nc4cccc([N+](=O)[O-])c4C)C3)n2)cc1. The Morgan fingerprint density at radius 1 is 1.28 bits per heavy atom. The minimum atomic E-state index is -0.455. The summed E-state index contributed by atoms with van der Waals surface area (Å²) in [6.45, 7) is 2.74. The summed E-state index contributed by atoms with van der Waals surface area (Å²) in [5.74, 6) is 0.703. The Morgan fingerprint density at radius 2 is 2.06 bits per heavy atom. The molecule has 1 fully saturated rings. The summed E-state index contributed by atoms with van der Waals surface area (Å²) < 4.78 is 10.6. The largest absolute Gasteiger partial charge is 0.497 e. The number of piperidine rings is 1. The molecule has 166 valence electrons. The molecule has 2 aromatic carbocycles. The zero-order valence-corrected chi connectivity index (χ0v) is 17.8. The van der Waals surface area contributed by atoms with E-state index >= 15 is 0 Å². The van der Waals surface area contributed by atoms with Crippen LogP contribution >= 0.6 is 0 Å². The Kier molecular flexibility index (Phi) is 6.02. The number of ether oxygens (including phenoxy) is 1. The third kappa shape index (κ3) is 4.39. The summed E-state index contributed by atoms with van der Waals surface area (Å²) in [6.07, 6.45) is 1.49. The van der Waals surface area contributed by atoms with Crippen LogP contribution in [0, 0.1) is 23.0 Å². The van der Waals surface area contributed by atoms with Gasteiger partial charge in [0.05, 0.1) is 29.2 Å². The maximum absolute atomic E-state index is 12.9. The van der Waals surface area contributed by atoms with Crippen molar-refractivity contribution in [1.29, 1.82) is 0 Å². The van der Waals surface area contributed by atoms with E-state index in [0.717, 1.165) is 17.7 Å². The highest BCUT2D eigenvalue weighted by Crippen LogP contribution is 2.28. The van der Waals surface area contributed by atoms with Crippen LogP contribution in [0.15, 0.2) is 47.0 Å². The zero-order chi connectivity index (χ0) is 22.7. The fourth-order valence-electron chi connectivity index (χ4n) is 3.76. The molecule has 1 aromatic heterocycles. The van der Waals surface area contributed by atoms with E-state index in [1.165, 1.54) is 6.07 Å². The van der Waals surface area contributed by atoms with Gasteiger partial charge in [0.1, 0.15) is 5.75 Å². The number of methoxy groups -OCH3 is 1. The molecule has 10 nitrogen and oxygen atoms in total. The van der Waals surface area contributed by atoms with Crippen molar-refractivity contribution in [3.05, 3.63) is 58.1 Å². The quantitative estimate of drug-likeness (QED) is 0.456. The molecule has 0 spiro atoms. The number of anilines is 2. The first kappa shape index (κ1) is 21.3. The first-order chi connectivity index (χ1) is 15.5. The van der Waals surface area contributed by atoms with Gasteiger partial charge >= 0.3 is 6.01 Å². The summed E-state index contributed by atoms with van der Waals surface area (Å²) in [5.41, 5.74) is 1.65. The van der Waals surface area contributed by atoms with Crippen molar-refractivity contribution in [2.24, 2.45) is 5.92 Å². The van der Waals surface area contributed by atoms with E-state index in [-0.39, 0.29) is 17.5 Å². The number of nitro benzene ring substituents is 1. The lowest BCUT2D eigenvalue weighted by Crippen LogP contribution is -2.41. The molecule has 1 aliphatic heterocycles. The number of carbonyl (C=O) groups is 1. The normalized spacial score (nSPS) is 15.9. The fourth-order valence-corrected chi connectivity index (χ4v) is 3.76. The Labute approximate surface area is 184 Å². The Morgan fingerprint density at radius 3 is 2.78 bits per heavy atom. The number of aromatic nitrogens is 2. The molecule has 0 aliphatic carbocycles. The van der Waals surface area contributed by atoms with Gasteiger partial charge in [-0.1, -0.05) is 11.2 Å². The number of hydrogen-bond acceptors (Lipinski definition) is 8. The van der Waals surface area contributed by atoms with E-state index in [9.17, 15) is 14.9 Å². The molecule has 1 unspecified atom stereocenters. The van der Waals surface area contributed by atoms with E-state index in [4.69, 9.17) is 9.26 Å². The lowest BCUT2D eigenvalue weighted by Gasteiger charge is -2.30. The van der Waals surface area contributed by atoms with Gasteiger partial charge in [-0.05, 0) is 50.1 Å². The topological polar surface area (TPSA) is 124 Å². The van der Waals surface area contributed by atoms with Crippen LogP contribution in [0.5, 0.6) is 5.75 Å². The molecule has 4 rings (SSSR count). The Balaban J connectivity index is 1.44. The van der Waals surface area contributed by atoms with Gasteiger partial charge in [-0.2, -0.15) is 4.98 Å². The van der Waals surface area contributed by atoms with Crippen molar-refractivity contribution < 1.29 is 19.0 Å². The fraction of sp³-hybridized carbons (Fsp3) is 0.318. The molecule has 10 heteroatoms. The lowest BCUT2D eigenvalue weighted by molar-refractivity contribution is -0.385. The Hall–Kier alpha value is -3.95. The molecule has 1 aliphatic rings. The van der Waals surface area contributed by atoms with Crippen LogP contribution in [0.2, 0.25) is 0 Å². The summed E-state index contributed by atoms with van der Waals surface area (Å²) in [5, 5.41) is 18.1. The van der Waals surface area contributed by atoms with Crippen LogP contribution < -0.4 is 15.0 Å². The monoisotopic (exact) mass is 437 g/mol. The van der Waals surface area contributed by atoms with E-state index in [1.807, 2.05) is 29.2 Å². The first-order valence-corrected chi connectivity index (χ1v) is 10.2. The van der Waals surface area contributed by atoms with Crippen LogP contribution in [0.25, 0.3) is 11.4 Å². The van der Waals surface area contributed by atoms with Gasteiger partial charge in [-0.15, -0.1) is 0 Å². The lowest BCUT2D eigenvalue weighted by atomic mass is 9.97. The van der Waals surface area contributed by atoms with Crippen molar-refractivity contribution in [2.75, 3.05) is 30.4 Å². The first-order valence-electron chi connectivity index (χ1n) is 10.2. The predicted molar refractivity (Wildman–Crippen MR) is 118 cm³/mol. The molecule has 0 saturated carbocycles. The standard InChI is InChI=1S/C22H23N5O5/c1-14-18(6-3-7-19(14)27(29)30)23-21(28)16-5-4-12-26(13-16)22-24-20(25-32-22)15-8-10-17(31-2)11-9-15/h3,6-11,16H,4-5,12-13H2,1-2H3,(H,23,28). The van der Waals surface area contributed by atoms with Gasteiger partial charge in [0.2, 0.25) is 11.7 Å². The minimum absolute atomic E-state index is 0.0232. The smallest absolute Gasteiger partial charge is 0.324 e. The van der Waals surface area contributed by atoms with Gasteiger partial charge in [-0.3, -0.25) is 14.9 Å². The highest BCUT2D eigenvalue weighted by molar-refractivity contribution is 5.94. The molecule has 0 bridgehead atoms. The zero-order valence-electron chi connectivity index (χ0n) is 17.8. The Bertz CT molecular complexity index is 1130. The average Bonchev–Trinajstić information content (AvgIpc) is 3.31. The molecule has 1 amide bonds. The van der Waals surface area contributed by atoms with Gasteiger partial charge in [-0.25, -0.2) is 0 Å². The number of nitrogens with zero attached hydrogens (tertiary/aromatic N) is 4. The molecule has 1 N–H and O–H groups in total. The molecule has 1 atom stereocenters. The third-order valence-electron chi connectivity index (χ3n) is 5.59. The van der Waals surface area contributed by atoms with Gasteiger partial charge < -0.3 is 19.5 Å². The van der Waals surface area contributed by atoms with Crippen LogP contribution in [-0.4, -0.2) is 41.2 Å². The second kappa shape index (κ2) is 9.04. The number of nitro groups is 1. The molecule has 1 saturated heterocycles. The highest BCUT2D eigenvalue weighted by atomic mass is 16.6.